The smallest absolute Gasteiger partial charge is 0.254 e. The third-order valence-electron chi connectivity index (χ3n) is 5.22. The first-order valence-corrected chi connectivity index (χ1v) is 12.3. The summed E-state index contributed by atoms with van der Waals surface area (Å²) in [5.74, 6) is -0.147. The summed E-state index contributed by atoms with van der Waals surface area (Å²) in [6, 6.07) is 12.1. The van der Waals surface area contributed by atoms with Crippen molar-refractivity contribution in [3.8, 4) is 0 Å². The van der Waals surface area contributed by atoms with Gasteiger partial charge in [-0.3, -0.25) is 4.79 Å². The average Bonchev–Trinajstić information content (AvgIpc) is 3.48. The monoisotopic (exact) mass is 444 g/mol. The summed E-state index contributed by atoms with van der Waals surface area (Å²) >= 11 is 1.60. The van der Waals surface area contributed by atoms with Gasteiger partial charge in [-0.25, -0.2) is 8.42 Å². The minimum atomic E-state index is -3.51. The van der Waals surface area contributed by atoms with E-state index in [1.165, 1.54) is 4.31 Å². The number of amides is 1. The topological polar surface area (TPSA) is 70.8 Å². The summed E-state index contributed by atoms with van der Waals surface area (Å²) in [7, 11) is -3.51. The fourth-order valence-corrected chi connectivity index (χ4v) is 5.84. The van der Waals surface area contributed by atoms with Crippen LogP contribution in [0.25, 0.3) is 0 Å². The van der Waals surface area contributed by atoms with Crippen LogP contribution in [0.3, 0.4) is 0 Å². The lowest BCUT2D eigenvalue weighted by molar-refractivity contribution is 0.0731. The molecular formula is C22H24N2O4S2. The zero-order chi connectivity index (χ0) is 21.0. The van der Waals surface area contributed by atoms with Crippen LogP contribution in [-0.4, -0.2) is 36.6 Å². The van der Waals surface area contributed by atoms with Crippen LogP contribution in [0.5, 0.6) is 0 Å². The van der Waals surface area contributed by atoms with Crippen molar-refractivity contribution in [2.24, 2.45) is 0 Å². The molecule has 0 atom stereocenters. The molecule has 0 saturated carbocycles. The highest BCUT2D eigenvalue weighted by atomic mass is 32.2. The van der Waals surface area contributed by atoms with E-state index in [1.54, 1.807) is 53.0 Å². The van der Waals surface area contributed by atoms with Gasteiger partial charge in [-0.1, -0.05) is 12.5 Å². The molecule has 1 saturated heterocycles. The first kappa shape index (κ1) is 20.8. The number of nitrogens with zero attached hydrogens (tertiary/aromatic N) is 2. The molecule has 6 nitrogen and oxygen atoms in total. The van der Waals surface area contributed by atoms with E-state index in [1.807, 2.05) is 23.6 Å². The van der Waals surface area contributed by atoms with Crippen molar-refractivity contribution in [2.45, 2.75) is 37.2 Å². The molecular weight excluding hydrogens is 420 g/mol. The van der Waals surface area contributed by atoms with E-state index in [4.69, 9.17) is 4.42 Å². The summed E-state index contributed by atoms with van der Waals surface area (Å²) in [5.41, 5.74) is 1.37. The van der Waals surface area contributed by atoms with Crippen molar-refractivity contribution < 1.29 is 17.6 Å². The molecule has 3 aromatic rings. The number of hydrogen-bond donors (Lipinski definition) is 0. The number of carbonyl (C=O) groups excluding carboxylic acids is 1. The molecule has 2 aromatic heterocycles. The molecule has 0 N–H and O–H groups in total. The molecule has 4 rings (SSSR count). The number of carbonyl (C=O) groups is 1. The van der Waals surface area contributed by atoms with Crippen LogP contribution in [0, 0.1) is 0 Å². The number of rotatable bonds is 7. The Morgan fingerprint density at radius 2 is 1.80 bits per heavy atom. The molecule has 8 heteroatoms. The maximum Gasteiger partial charge on any atom is 0.254 e. The van der Waals surface area contributed by atoms with Gasteiger partial charge in [0.15, 0.2) is 0 Å². The number of piperidine rings is 1. The number of hydrogen-bond acceptors (Lipinski definition) is 5. The van der Waals surface area contributed by atoms with Gasteiger partial charge in [-0.15, -0.1) is 11.3 Å². The molecule has 1 aliphatic rings. The van der Waals surface area contributed by atoms with Crippen molar-refractivity contribution in [3.63, 3.8) is 0 Å². The molecule has 158 valence electrons. The van der Waals surface area contributed by atoms with Crippen molar-refractivity contribution in [1.82, 2.24) is 9.21 Å². The highest BCUT2D eigenvalue weighted by Crippen LogP contribution is 2.22. The van der Waals surface area contributed by atoms with Gasteiger partial charge in [-0.05, 0) is 54.6 Å². The Labute approximate surface area is 180 Å². The van der Waals surface area contributed by atoms with Gasteiger partial charge in [-0.2, -0.15) is 4.31 Å². The lowest BCUT2D eigenvalue weighted by Crippen LogP contribution is -2.35. The van der Waals surface area contributed by atoms with Crippen LogP contribution < -0.4 is 0 Å². The van der Waals surface area contributed by atoms with Crippen molar-refractivity contribution in [1.29, 1.82) is 0 Å². The maximum absolute atomic E-state index is 13.2. The Morgan fingerprint density at radius 1 is 1.03 bits per heavy atom. The van der Waals surface area contributed by atoms with Crippen LogP contribution in [0.4, 0.5) is 0 Å². The van der Waals surface area contributed by atoms with Gasteiger partial charge >= 0.3 is 0 Å². The van der Waals surface area contributed by atoms with Crippen LogP contribution >= 0.6 is 11.3 Å². The van der Waals surface area contributed by atoms with Gasteiger partial charge < -0.3 is 9.32 Å². The predicted molar refractivity (Wildman–Crippen MR) is 116 cm³/mol. The average molecular weight is 445 g/mol. The highest BCUT2D eigenvalue weighted by Gasteiger charge is 2.26. The minimum Gasteiger partial charge on any atom is -0.472 e. The summed E-state index contributed by atoms with van der Waals surface area (Å²) < 4.78 is 32.4. The SMILES string of the molecule is O=C(c1ccc(S(=O)(=O)N2CCCCC2)cc1)N(Cc1ccoc1)Cc1cccs1. The molecule has 1 aromatic carbocycles. The zero-order valence-corrected chi connectivity index (χ0v) is 18.2. The third-order valence-corrected chi connectivity index (χ3v) is 8.00. The van der Waals surface area contributed by atoms with Crippen molar-refractivity contribution >= 4 is 27.3 Å². The van der Waals surface area contributed by atoms with E-state index in [9.17, 15) is 13.2 Å². The molecule has 1 aliphatic heterocycles. The summed E-state index contributed by atoms with van der Waals surface area (Å²) in [6.07, 6.45) is 6.06. The van der Waals surface area contributed by atoms with E-state index < -0.39 is 10.0 Å². The second kappa shape index (κ2) is 9.16. The minimum absolute atomic E-state index is 0.147. The molecule has 30 heavy (non-hydrogen) atoms. The van der Waals surface area contributed by atoms with E-state index >= 15 is 0 Å². The first-order chi connectivity index (χ1) is 14.5. The molecule has 0 aliphatic carbocycles. The first-order valence-electron chi connectivity index (χ1n) is 9.97. The number of sulfonamides is 1. The van der Waals surface area contributed by atoms with E-state index in [0.717, 1.165) is 29.7 Å². The molecule has 0 unspecified atom stereocenters. The summed E-state index contributed by atoms with van der Waals surface area (Å²) in [6.45, 7) is 2.02. The van der Waals surface area contributed by atoms with E-state index in [2.05, 4.69) is 0 Å². The van der Waals surface area contributed by atoms with Crippen LogP contribution in [0.2, 0.25) is 0 Å². The molecule has 3 heterocycles. The van der Waals surface area contributed by atoms with Crippen molar-refractivity contribution in [3.05, 3.63) is 76.4 Å². The van der Waals surface area contributed by atoms with Gasteiger partial charge in [0.05, 0.1) is 24.0 Å². The normalized spacial score (nSPS) is 15.2. The molecule has 1 fully saturated rings. The number of thiophene rings is 1. The second-order valence-corrected chi connectivity index (χ2v) is 10.3. The summed E-state index contributed by atoms with van der Waals surface area (Å²) in [4.78, 5) is 16.3. The van der Waals surface area contributed by atoms with Crippen molar-refractivity contribution in [2.75, 3.05) is 13.1 Å². The van der Waals surface area contributed by atoms with Gasteiger partial charge in [0.25, 0.3) is 5.91 Å². The van der Waals surface area contributed by atoms with Gasteiger partial charge in [0.1, 0.15) is 0 Å². The van der Waals surface area contributed by atoms with Crippen LogP contribution in [0.1, 0.15) is 40.1 Å². The Kier molecular flexibility index (Phi) is 6.36. The second-order valence-electron chi connectivity index (χ2n) is 7.36. The Bertz CT molecular complexity index is 1020. The lowest BCUT2D eigenvalue weighted by Gasteiger charge is -2.26. The third kappa shape index (κ3) is 4.66. The van der Waals surface area contributed by atoms with Crippen LogP contribution in [0.15, 0.2) is 69.7 Å². The molecule has 0 spiro atoms. The largest absolute Gasteiger partial charge is 0.472 e. The van der Waals surface area contributed by atoms with Gasteiger partial charge in [0, 0.05) is 35.6 Å². The number of benzene rings is 1. The quantitative estimate of drug-likeness (QED) is 0.543. The summed E-state index contributed by atoms with van der Waals surface area (Å²) in [5, 5.41) is 1.98. The maximum atomic E-state index is 13.2. The van der Waals surface area contributed by atoms with Gasteiger partial charge in [0.2, 0.25) is 10.0 Å². The molecule has 1 amide bonds. The van der Waals surface area contributed by atoms with E-state index in [0.29, 0.717) is 31.7 Å². The Morgan fingerprint density at radius 3 is 2.43 bits per heavy atom. The standard InChI is InChI=1S/C22H24N2O4S2/c25-22(23(15-18-10-13-28-17-18)16-20-5-4-14-29-20)19-6-8-21(9-7-19)30(26,27)24-11-2-1-3-12-24/h4-10,13-14,17H,1-3,11-12,15-16H2. The fraction of sp³-hybridized carbons (Fsp3) is 0.318. The molecule has 0 radical (unpaired) electrons. The zero-order valence-electron chi connectivity index (χ0n) is 16.6. The number of furan rings is 1. The van der Waals surface area contributed by atoms with E-state index in [-0.39, 0.29) is 10.8 Å². The predicted octanol–water partition coefficient (Wildman–Crippen LogP) is 4.36. The van der Waals surface area contributed by atoms with Crippen LogP contribution in [-0.2, 0) is 23.1 Å². The highest BCUT2D eigenvalue weighted by molar-refractivity contribution is 7.89. The Hall–Kier alpha value is -2.42. The lowest BCUT2D eigenvalue weighted by atomic mass is 10.2. The fourth-order valence-electron chi connectivity index (χ4n) is 3.60. The Balaban J connectivity index is 1.54. The molecule has 0 bridgehead atoms.